The third-order valence-corrected chi connectivity index (χ3v) is 3.78. The van der Waals surface area contributed by atoms with Gasteiger partial charge in [-0.25, -0.2) is 0 Å². The van der Waals surface area contributed by atoms with Crippen LogP contribution in [0.4, 0.5) is 0 Å². The van der Waals surface area contributed by atoms with Crippen LogP contribution in [0, 0.1) is 5.92 Å². The molecule has 0 saturated heterocycles. The second kappa shape index (κ2) is 3.72. The number of rotatable bonds is 4. The zero-order valence-electron chi connectivity index (χ0n) is 8.56. The highest BCUT2D eigenvalue weighted by molar-refractivity contribution is 7.07. The van der Waals surface area contributed by atoms with Gasteiger partial charge in [-0.05, 0) is 38.1 Å². The topological polar surface area (TPSA) is 61.0 Å². The molecular formula is C10H15N3OS. The highest BCUT2D eigenvalue weighted by Gasteiger charge is 2.32. The van der Waals surface area contributed by atoms with Crippen molar-refractivity contribution < 1.29 is 4.74 Å². The molecule has 0 aliphatic heterocycles. The minimum absolute atomic E-state index is 0.332. The molecule has 2 aliphatic carbocycles. The second-order valence-electron chi connectivity index (χ2n) is 4.51. The molecule has 0 amide bonds. The van der Waals surface area contributed by atoms with Gasteiger partial charge < -0.3 is 10.5 Å². The van der Waals surface area contributed by atoms with Crippen LogP contribution in [-0.2, 0) is 0 Å². The van der Waals surface area contributed by atoms with Gasteiger partial charge in [-0.15, -0.1) is 0 Å². The maximum absolute atomic E-state index is 5.73. The van der Waals surface area contributed by atoms with Gasteiger partial charge in [0.1, 0.15) is 11.9 Å². The van der Waals surface area contributed by atoms with Crippen LogP contribution in [0.15, 0.2) is 0 Å². The summed E-state index contributed by atoms with van der Waals surface area (Å²) in [5.74, 6) is 2.27. The van der Waals surface area contributed by atoms with Crippen LogP contribution in [0.5, 0.6) is 5.19 Å². The Morgan fingerprint density at radius 1 is 1.40 bits per heavy atom. The molecule has 3 rings (SSSR count). The van der Waals surface area contributed by atoms with E-state index in [9.17, 15) is 0 Å². The van der Waals surface area contributed by atoms with Crippen LogP contribution in [0.2, 0.25) is 0 Å². The van der Waals surface area contributed by atoms with Crippen molar-refractivity contribution in [1.29, 1.82) is 0 Å². The van der Waals surface area contributed by atoms with E-state index >= 15 is 0 Å². The van der Waals surface area contributed by atoms with E-state index in [4.69, 9.17) is 10.5 Å². The highest BCUT2D eigenvalue weighted by Crippen LogP contribution is 2.40. The molecule has 0 spiro atoms. The summed E-state index contributed by atoms with van der Waals surface area (Å²) >= 11 is 1.39. The predicted octanol–water partition coefficient (Wildman–Crippen LogP) is 1.53. The van der Waals surface area contributed by atoms with Gasteiger partial charge >= 0.3 is 0 Å². The molecule has 0 aromatic carbocycles. The first-order valence-corrected chi connectivity index (χ1v) is 6.33. The monoisotopic (exact) mass is 225 g/mol. The molecule has 15 heavy (non-hydrogen) atoms. The van der Waals surface area contributed by atoms with Crippen LogP contribution in [-0.4, -0.2) is 22.0 Å². The molecule has 0 bridgehead atoms. The summed E-state index contributed by atoms with van der Waals surface area (Å²) < 4.78 is 10.0. The maximum atomic E-state index is 5.73. The van der Waals surface area contributed by atoms with Crippen molar-refractivity contribution in [3.63, 3.8) is 0 Å². The van der Waals surface area contributed by atoms with E-state index in [0.717, 1.165) is 30.4 Å². The zero-order valence-corrected chi connectivity index (χ0v) is 9.37. The summed E-state index contributed by atoms with van der Waals surface area (Å²) in [4.78, 5) is 4.40. The van der Waals surface area contributed by atoms with E-state index in [0.29, 0.717) is 17.9 Å². The number of aromatic nitrogens is 2. The van der Waals surface area contributed by atoms with E-state index in [1.165, 1.54) is 24.4 Å². The van der Waals surface area contributed by atoms with Crippen molar-refractivity contribution in [1.82, 2.24) is 9.36 Å². The molecule has 2 saturated carbocycles. The Morgan fingerprint density at radius 2 is 2.20 bits per heavy atom. The van der Waals surface area contributed by atoms with Crippen LogP contribution >= 0.6 is 11.5 Å². The van der Waals surface area contributed by atoms with Crippen LogP contribution in [0.25, 0.3) is 0 Å². The Balaban J connectivity index is 1.53. The Labute approximate surface area is 93.0 Å². The molecule has 4 nitrogen and oxygen atoms in total. The first-order valence-electron chi connectivity index (χ1n) is 5.55. The fourth-order valence-electron chi connectivity index (χ4n) is 1.88. The van der Waals surface area contributed by atoms with Gasteiger partial charge in [-0.2, -0.15) is 9.36 Å². The summed E-state index contributed by atoms with van der Waals surface area (Å²) in [7, 11) is 0. The quantitative estimate of drug-likeness (QED) is 0.844. The van der Waals surface area contributed by atoms with E-state index in [-0.39, 0.29) is 0 Å². The number of nitrogens with two attached hydrogens (primary N) is 1. The Hall–Kier alpha value is -0.680. The van der Waals surface area contributed by atoms with Crippen molar-refractivity contribution in [2.75, 3.05) is 6.54 Å². The summed E-state index contributed by atoms with van der Waals surface area (Å²) in [6, 6.07) is 0. The first kappa shape index (κ1) is 9.54. The zero-order chi connectivity index (χ0) is 10.3. The smallest absolute Gasteiger partial charge is 0.293 e. The lowest BCUT2D eigenvalue weighted by molar-refractivity contribution is 0.0686. The van der Waals surface area contributed by atoms with E-state index in [1.807, 2.05) is 0 Å². The summed E-state index contributed by atoms with van der Waals surface area (Å²) in [6.07, 6.45) is 4.98. The van der Waals surface area contributed by atoms with Crippen molar-refractivity contribution >= 4 is 11.5 Å². The SMILES string of the molecule is NCC1CC(Oc2nc(C3CC3)ns2)C1. The van der Waals surface area contributed by atoms with Gasteiger partial charge in [-0.1, -0.05) is 0 Å². The van der Waals surface area contributed by atoms with Crippen LogP contribution in [0.1, 0.15) is 37.4 Å². The molecule has 2 fully saturated rings. The molecule has 0 radical (unpaired) electrons. The molecular weight excluding hydrogens is 210 g/mol. The van der Waals surface area contributed by atoms with Gasteiger partial charge in [0.05, 0.1) is 0 Å². The van der Waals surface area contributed by atoms with Gasteiger partial charge in [0, 0.05) is 17.5 Å². The third-order valence-electron chi connectivity index (χ3n) is 3.16. The summed E-state index contributed by atoms with van der Waals surface area (Å²) in [6.45, 7) is 0.781. The lowest BCUT2D eigenvalue weighted by atomic mass is 9.82. The Bertz CT molecular complexity index is 344. The number of nitrogens with zero attached hydrogens (tertiary/aromatic N) is 2. The first-order chi connectivity index (χ1) is 7.35. The molecule has 82 valence electrons. The molecule has 5 heteroatoms. The number of hydrogen-bond donors (Lipinski definition) is 1. The summed E-state index contributed by atoms with van der Waals surface area (Å²) in [5.41, 5.74) is 5.56. The van der Waals surface area contributed by atoms with E-state index in [1.54, 1.807) is 0 Å². The van der Waals surface area contributed by atoms with Crippen molar-refractivity contribution in [3.05, 3.63) is 5.82 Å². The maximum Gasteiger partial charge on any atom is 0.293 e. The number of hydrogen-bond acceptors (Lipinski definition) is 5. The standard InChI is InChI=1S/C10H15N3OS/c11-5-6-3-8(4-6)14-10-12-9(13-15-10)7-1-2-7/h6-8H,1-5,11H2. The molecule has 2 aliphatic rings. The fourth-order valence-corrected chi connectivity index (χ4v) is 2.56. The van der Waals surface area contributed by atoms with E-state index < -0.39 is 0 Å². The third kappa shape index (κ3) is 1.99. The molecule has 0 atom stereocenters. The molecule has 1 heterocycles. The van der Waals surface area contributed by atoms with Crippen LogP contribution in [0.3, 0.4) is 0 Å². The van der Waals surface area contributed by atoms with E-state index in [2.05, 4.69) is 9.36 Å². The lowest BCUT2D eigenvalue weighted by Gasteiger charge is -2.33. The van der Waals surface area contributed by atoms with Crippen molar-refractivity contribution in [2.24, 2.45) is 11.7 Å². The Kier molecular flexibility index (Phi) is 2.36. The van der Waals surface area contributed by atoms with Crippen molar-refractivity contribution in [2.45, 2.75) is 37.7 Å². The Morgan fingerprint density at radius 3 is 2.87 bits per heavy atom. The van der Waals surface area contributed by atoms with Crippen LogP contribution < -0.4 is 10.5 Å². The van der Waals surface area contributed by atoms with Gasteiger partial charge in [0.15, 0.2) is 0 Å². The minimum atomic E-state index is 0.332. The number of ether oxygens (including phenoxy) is 1. The molecule has 1 aromatic rings. The minimum Gasteiger partial charge on any atom is -0.466 e. The largest absolute Gasteiger partial charge is 0.466 e. The predicted molar refractivity (Wildman–Crippen MR) is 58.1 cm³/mol. The highest BCUT2D eigenvalue weighted by atomic mass is 32.1. The van der Waals surface area contributed by atoms with Gasteiger partial charge in [0.2, 0.25) is 0 Å². The molecule has 2 N–H and O–H groups in total. The molecule has 0 unspecified atom stereocenters. The normalized spacial score (nSPS) is 29.9. The average Bonchev–Trinajstić information content (AvgIpc) is 2.92. The van der Waals surface area contributed by atoms with Gasteiger partial charge in [0.25, 0.3) is 5.19 Å². The van der Waals surface area contributed by atoms with Gasteiger partial charge in [-0.3, -0.25) is 0 Å². The summed E-state index contributed by atoms with van der Waals surface area (Å²) in [5, 5.41) is 0.748. The average molecular weight is 225 g/mol. The fraction of sp³-hybridized carbons (Fsp3) is 0.800. The molecule has 1 aromatic heterocycles. The second-order valence-corrected chi connectivity index (χ2v) is 5.22. The van der Waals surface area contributed by atoms with Crippen molar-refractivity contribution in [3.8, 4) is 5.19 Å². The lowest BCUT2D eigenvalue weighted by Crippen LogP contribution is -2.37.